The molecule has 104 valence electrons. The van der Waals surface area contributed by atoms with E-state index in [0.29, 0.717) is 31.5 Å². The maximum atomic E-state index is 5.86. The molecule has 0 aliphatic heterocycles. The van der Waals surface area contributed by atoms with Crippen LogP contribution < -0.4 is 5.73 Å². The van der Waals surface area contributed by atoms with Gasteiger partial charge in [-0.1, -0.05) is 5.16 Å². The lowest BCUT2D eigenvalue weighted by atomic mass is 10.3. The number of hydrogen-bond donors (Lipinski definition) is 1. The molecule has 1 aromatic rings. The molecule has 0 saturated carbocycles. The summed E-state index contributed by atoms with van der Waals surface area (Å²) in [5.41, 5.74) is 5.86. The molecule has 0 bridgehead atoms. The van der Waals surface area contributed by atoms with Crippen LogP contribution in [0.3, 0.4) is 0 Å². The Kier molecular flexibility index (Phi) is 6.81. The van der Waals surface area contributed by atoms with Gasteiger partial charge in [-0.3, -0.25) is 0 Å². The molecule has 0 amide bonds. The van der Waals surface area contributed by atoms with Gasteiger partial charge in [0.2, 0.25) is 0 Å². The second-order valence-corrected chi connectivity index (χ2v) is 4.08. The van der Waals surface area contributed by atoms with E-state index in [4.69, 9.17) is 24.5 Å². The highest BCUT2D eigenvalue weighted by atomic mass is 16.5. The van der Waals surface area contributed by atoms with Gasteiger partial charge in [0.15, 0.2) is 5.82 Å². The number of aromatic nitrogens is 2. The molecule has 0 aromatic carbocycles. The van der Waals surface area contributed by atoms with E-state index in [1.807, 2.05) is 13.8 Å². The van der Waals surface area contributed by atoms with Gasteiger partial charge in [0.1, 0.15) is 6.61 Å². The van der Waals surface area contributed by atoms with Crippen LogP contribution in [-0.4, -0.2) is 43.2 Å². The van der Waals surface area contributed by atoms with Crippen LogP contribution in [0, 0.1) is 0 Å². The topological polar surface area (TPSA) is 92.6 Å². The summed E-state index contributed by atoms with van der Waals surface area (Å²) in [6.45, 7) is 5.52. The van der Waals surface area contributed by atoms with Gasteiger partial charge in [0.05, 0.1) is 32.0 Å². The number of rotatable bonds is 9. The molecule has 1 heterocycles. The average molecular weight is 259 g/mol. The highest BCUT2D eigenvalue weighted by Crippen LogP contribution is 2.08. The van der Waals surface area contributed by atoms with Crippen LogP contribution in [0.4, 0.5) is 0 Å². The number of hydrogen-bond acceptors (Lipinski definition) is 7. The summed E-state index contributed by atoms with van der Waals surface area (Å²) >= 11 is 0. The normalized spacial score (nSPS) is 13.2. The minimum Gasteiger partial charge on any atom is -0.382 e. The molecule has 18 heavy (non-hydrogen) atoms. The van der Waals surface area contributed by atoms with Gasteiger partial charge in [-0.05, 0) is 13.8 Å². The summed E-state index contributed by atoms with van der Waals surface area (Å²) in [5, 5.41) is 3.79. The zero-order valence-electron chi connectivity index (χ0n) is 11.1. The van der Waals surface area contributed by atoms with Crippen molar-refractivity contribution in [1.82, 2.24) is 10.1 Å². The number of nitrogens with two attached hydrogens (primary N) is 1. The van der Waals surface area contributed by atoms with Crippen LogP contribution in [0.2, 0.25) is 0 Å². The number of nitrogens with zero attached hydrogens (tertiary/aromatic N) is 2. The van der Waals surface area contributed by atoms with Crippen molar-refractivity contribution in [1.29, 1.82) is 0 Å². The summed E-state index contributed by atoms with van der Waals surface area (Å²) in [5.74, 6) is 0.835. The Morgan fingerprint density at radius 2 is 2.11 bits per heavy atom. The minimum absolute atomic E-state index is 0.125. The van der Waals surface area contributed by atoms with Crippen molar-refractivity contribution >= 4 is 0 Å². The van der Waals surface area contributed by atoms with E-state index in [9.17, 15) is 0 Å². The fourth-order valence-electron chi connectivity index (χ4n) is 1.15. The minimum atomic E-state index is -0.385. The molecule has 2 N–H and O–H groups in total. The Balaban J connectivity index is 2.32. The van der Waals surface area contributed by atoms with Crippen molar-refractivity contribution in [2.24, 2.45) is 5.73 Å². The molecule has 0 spiro atoms. The van der Waals surface area contributed by atoms with Gasteiger partial charge in [-0.25, -0.2) is 0 Å². The average Bonchev–Trinajstić information content (AvgIpc) is 2.80. The van der Waals surface area contributed by atoms with Crippen molar-refractivity contribution in [3.8, 4) is 0 Å². The summed E-state index contributed by atoms with van der Waals surface area (Å²) in [6.07, 6.45) is 0.125. The third-order valence-electron chi connectivity index (χ3n) is 2.08. The third-order valence-corrected chi connectivity index (χ3v) is 2.08. The van der Waals surface area contributed by atoms with Crippen LogP contribution in [0.5, 0.6) is 0 Å². The lowest BCUT2D eigenvalue weighted by Gasteiger charge is -2.10. The van der Waals surface area contributed by atoms with Gasteiger partial charge in [-0.2, -0.15) is 4.98 Å². The third kappa shape index (κ3) is 5.54. The first-order valence-electron chi connectivity index (χ1n) is 5.89. The first-order chi connectivity index (χ1) is 8.63. The molecule has 1 aromatic heterocycles. The Labute approximate surface area is 107 Å². The summed E-state index contributed by atoms with van der Waals surface area (Å²) in [7, 11) is 1.61. The zero-order valence-corrected chi connectivity index (χ0v) is 11.1. The van der Waals surface area contributed by atoms with E-state index in [-0.39, 0.29) is 18.8 Å². The Hall–Kier alpha value is -1.02. The van der Waals surface area contributed by atoms with Crippen LogP contribution in [-0.2, 0) is 20.8 Å². The van der Waals surface area contributed by atoms with Gasteiger partial charge in [0.25, 0.3) is 5.89 Å². The predicted molar refractivity (Wildman–Crippen MR) is 63.8 cm³/mol. The monoisotopic (exact) mass is 259 g/mol. The second-order valence-electron chi connectivity index (χ2n) is 4.08. The van der Waals surface area contributed by atoms with Crippen LogP contribution in [0.1, 0.15) is 31.6 Å². The van der Waals surface area contributed by atoms with Gasteiger partial charge < -0.3 is 24.5 Å². The second kappa shape index (κ2) is 8.15. The SMILES string of the molecule is COCCOCc1nc(C(N)COC(C)C)no1. The molecule has 0 fully saturated rings. The molecule has 1 unspecified atom stereocenters. The lowest BCUT2D eigenvalue weighted by molar-refractivity contribution is 0.0494. The van der Waals surface area contributed by atoms with E-state index in [1.165, 1.54) is 0 Å². The first kappa shape index (κ1) is 15.0. The zero-order chi connectivity index (χ0) is 13.4. The summed E-state index contributed by atoms with van der Waals surface area (Å²) in [4.78, 5) is 4.14. The van der Waals surface area contributed by atoms with Crippen molar-refractivity contribution < 1.29 is 18.7 Å². The maximum Gasteiger partial charge on any atom is 0.252 e. The standard InChI is InChI=1S/C11H21N3O4/c1-8(2)17-6-9(12)11-13-10(18-14-11)7-16-5-4-15-3/h8-9H,4-7,12H2,1-3H3. The first-order valence-corrected chi connectivity index (χ1v) is 5.89. The van der Waals surface area contributed by atoms with Crippen LogP contribution >= 0.6 is 0 Å². The Morgan fingerprint density at radius 3 is 2.78 bits per heavy atom. The molecule has 7 nitrogen and oxygen atoms in total. The molecule has 0 aliphatic rings. The van der Waals surface area contributed by atoms with E-state index >= 15 is 0 Å². The molecule has 0 saturated heterocycles. The molecule has 1 atom stereocenters. The quantitative estimate of drug-likeness (QED) is 0.651. The van der Waals surface area contributed by atoms with Crippen LogP contribution in [0.15, 0.2) is 4.52 Å². The lowest BCUT2D eigenvalue weighted by Crippen LogP contribution is -2.20. The maximum absolute atomic E-state index is 5.86. The fourth-order valence-corrected chi connectivity index (χ4v) is 1.15. The summed E-state index contributed by atoms with van der Waals surface area (Å²) < 4.78 is 20.5. The van der Waals surface area contributed by atoms with Crippen molar-refractivity contribution in [3.05, 3.63) is 11.7 Å². The van der Waals surface area contributed by atoms with E-state index in [2.05, 4.69) is 10.1 Å². The van der Waals surface area contributed by atoms with Crippen molar-refractivity contribution in [2.75, 3.05) is 26.9 Å². The molecule has 0 aliphatic carbocycles. The van der Waals surface area contributed by atoms with Gasteiger partial charge >= 0.3 is 0 Å². The highest BCUT2D eigenvalue weighted by molar-refractivity contribution is 4.92. The molecule has 1 rings (SSSR count). The smallest absolute Gasteiger partial charge is 0.252 e. The molecule has 0 radical (unpaired) electrons. The van der Waals surface area contributed by atoms with E-state index in [1.54, 1.807) is 7.11 Å². The molecular weight excluding hydrogens is 238 g/mol. The molecular formula is C11H21N3O4. The largest absolute Gasteiger partial charge is 0.382 e. The van der Waals surface area contributed by atoms with Crippen LogP contribution in [0.25, 0.3) is 0 Å². The highest BCUT2D eigenvalue weighted by Gasteiger charge is 2.15. The Bertz CT molecular complexity index is 330. The van der Waals surface area contributed by atoms with E-state index in [0.717, 1.165) is 0 Å². The van der Waals surface area contributed by atoms with Crippen molar-refractivity contribution in [2.45, 2.75) is 32.6 Å². The van der Waals surface area contributed by atoms with E-state index < -0.39 is 0 Å². The number of ether oxygens (including phenoxy) is 3. The summed E-state index contributed by atoms with van der Waals surface area (Å²) in [6, 6.07) is -0.385. The predicted octanol–water partition coefficient (Wildman–Crippen LogP) is 0.657. The molecule has 7 heteroatoms. The number of methoxy groups -OCH3 is 1. The fraction of sp³-hybridized carbons (Fsp3) is 0.818. The van der Waals surface area contributed by atoms with Crippen molar-refractivity contribution in [3.63, 3.8) is 0 Å². The van der Waals surface area contributed by atoms with Gasteiger partial charge in [0, 0.05) is 7.11 Å². The van der Waals surface area contributed by atoms with Gasteiger partial charge in [-0.15, -0.1) is 0 Å². The Morgan fingerprint density at radius 1 is 1.33 bits per heavy atom.